The number of nitrogens with one attached hydrogen (secondary N) is 1. The van der Waals surface area contributed by atoms with Gasteiger partial charge in [0.2, 0.25) is 0 Å². The third-order valence-electron chi connectivity index (χ3n) is 3.03. The van der Waals surface area contributed by atoms with E-state index in [9.17, 15) is 4.39 Å². The first-order chi connectivity index (χ1) is 9.25. The molecule has 0 atom stereocenters. The summed E-state index contributed by atoms with van der Waals surface area (Å²) < 4.78 is 13.0. The minimum atomic E-state index is -0.249. The van der Waals surface area contributed by atoms with E-state index in [4.69, 9.17) is 0 Å². The Kier molecular flexibility index (Phi) is 3.94. The van der Waals surface area contributed by atoms with Crippen molar-refractivity contribution in [2.75, 3.05) is 0 Å². The highest BCUT2D eigenvalue weighted by atomic mass is 19.1. The van der Waals surface area contributed by atoms with Crippen molar-refractivity contribution in [1.82, 2.24) is 15.2 Å². The van der Waals surface area contributed by atoms with Gasteiger partial charge in [0.1, 0.15) is 11.5 Å². The molecule has 0 bridgehead atoms. The number of benzene rings is 1. The number of aryl methyl sites for hydroxylation is 1. The van der Waals surface area contributed by atoms with Crippen molar-refractivity contribution in [3.63, 3.8) is 0 Å². The molecule has 0 saturated heterocycles. The maximum atomic E-state index is 13.0. The fraction of sp³-hybridized carbons (Fsp3) is 0.125. The molecule has 0 aliphatic heterocycles. The van der Waals surface area contributed by atoms with Crippen molar-refractivity contribution in [2.45, 2.75) is 14.4 Å². The molecule has 1 N–H and O–H groups in total. The smallest absolute Gasteiger partial charge is 0.123 e. The summed E-state index contributed by atoms with van der Waals surface area (Å²) in [5.41, 5.74) is 4.75. The van der Waals surface area contributed by atoms with Crippen LogP contribution in [-0.4, -0.2) is 15.2 Å². The average molecular weight is 269 g/mol. The summed E-state index contributed by atoms with van der Waals surface area (Å²) in [6, 6.07) is 10.2. The molecule has 20 heavy (non-hydrogen) atoms. The molecule has 3 rings (SSSR count). The maximum absolute atomic E-state index is 13.0. The molecule has 0 spiro atoms. The van der Waals surface area contributed by atoms with Crippen molar-refractivity contribution >= 4 is 0 Å². The Labute approximate surface area is 117 Å². The number of H-pyrrole nitrogens is 1. The van der Waals surface area contributed by atoms with Crippen LogP contribution in [0.15, 0.2) is 48.8 Å². The molecule has 4 heteroatoms. The van der Waals surface area contributed by atoms with E-state index in [0.29, 0.717) is 0 Å². The first-order valence-corrected chi connectivity index (χ1v) is 5.97. The van der Waals surface area contributed by atoms with Crippen LogP contribution < -0.4 is 0 Å². The van der Waals surface area contributed by atoms with E-state index in [1.165, 1.54) is 12.1 Å². The van der Waals surface area contributed by atoms with E-state index < -0.39 is 0 Å². The molecule has 0 unspecified atom stereocenters. The summed E-state index contributed by atoms with van der Waals surface area (Å²) in [6.07, 6.45) is 3.49. The molecule has 0 radical (unpaired) electrons. The first kappa shape index (κ1) is 13.9. The van der Waals surface area contributed by atoms with Crippen molar-refractivity contribution in [3.05, 3.63) is 60.3 Å². The van der Waals surface area contributed by atoms with Gasteiger partial charge in [-0.1, -0.05) is 7.43 Å². The standard InChI is InChI=1S/C15H12FN3.CH4/c1-10-14(11-6-8-17-9-7-11)15(19-18-10)12-2-4-13(16)5-3-12;/h2-9H,1H3,(H,18,19);1H4. The zero-order valence-corrected chi connectivity index (χ0v) is 10.4. The van der Waals surface area contributed by atoms with Gasteiger partial charge in [0.15, 0.2) is 0 Å². The molecule has 1 aromatic carbocycles. The Morgan fingerprint density at radius 1 is 0.950 bits per heavy atom. The van der Waals surface area contributed by atoms with Crippen LogP contribution in [0.5, 0.6) is 0 Å². The second-order valence-corrected chi connectivity index (χ2v) is 4.31. The van der Waals surface area contributed by atoms with Gasteiger partial charge in [0.05, 0.1) is 0 Å². The van der Waals surface area contributed by atoms with E-state index >= 15 is 0 Å². The highest BCUT2D eigenvalue weighted by molar-refractivity contribution is 5.82. The first-order valence-electron chi connectivity index (χ1n) is 5.97. The minimum Gasteiger partial charge on any atom is -0.282 e. The normalized spacial score (nSPS) is 10.1. The number of hydrogen-bond acceptors (Lipinski definition) is 2. The maximum Gasteiger partial charge on any atom is 0.123 e. The SMILES string of the molecule is C.Cc1[nH]nc(-c2ccc(F)cc2)c1-c1ccncc1. The van der Waals surface area contributed by atoms with Gasteiger partial charge in [-0.2, -0.15) is 5.10 Å². The molecular formula is C16H16FN3. The lowest BCUT2D eigenvalue weighted by Crippen LogP contribution is -1.85. The monoisotopic (exact) mass is 269 g/mol. The lowest BCUT2D eigenvalue weighted by Gasteiger charge is -2.04. The van der Waals surface area contributed by atoms with Crippen LogP contribution in [0.4, 0.5) is 4.39 Å². The zero-order valence-electron chi connectivity index (χ0n) is 10.4. The van der Waals surface area contributed by atoms with Crippen molar-refractivity contribution < 1.29 is 4.39 Å². The number of halogens is 1. The molecule has 3 nitrogen and oxygen atoms in total. The topological polar surface area (TPSA) is 41.6 Å². The summed E-state index contributed by atoms with van der Waals surface area (Å²) in [7, 11) is 0. The van der Waals surface area contributed by atoms with Crippen molar-refractivity contribution in [2.24, 2.45) is 0 Å². The summed E-state index contributed by atoms with van der Waals surface area (Å²) in [5, 5.41) is 7.31. The number of nitrogens with zero attached hydrogens (tertiary/aromatic N) is 2. The minimum absolute atomic E-state index is 0. The fourth-order valence-electron chi connectivity index (χ4n) is 2.12. The van der Waals surface area contributed by atoms with Crippen LogP contribution in [0.3, 0.4) is 0 Å². The zero-order chi connectivity index (χ0) is 13.2. The van der Waals surface area contributed by atoms with E-state index in [2.05, 4.69) is 15.2 Å². The molecule has 3 aromatic rings. The summed E-state index contributed by atoms with van der Waals surface area (Å²) in [5.74, 6) is -0.249. The number of pyridine rings is 1. The summed E-state index contributed by atoms with van der Waals surface area (Å²) >= 11 is 0. The Balaban J connectivity index is 0.00000147. The molecule has 2 aromatic heterocycles. The van der Waals surface area contributed by atoms with Gasteiger partial charge in [-0.3, -0.25) is 10.1 Å². The number of aromatic nitrogens is 3. The molecule has 0 amide bonds. The van der Waals surface area contributed by atoms with Gasteiger partial charge in [-0.15, -0.1) is 0 Å². The average Bonchev–Trinajstić information content (AvgIpc) is 2.82. The summed E-state index contributed by atoms with van der Waals surface area (Å²) in [6.45, 7) is 1.97. The van der Waals surface area contributed by atoms with Crippen LogP contribution in [0.2, 0.25) is 0 Å². The quantitative estimate of drug-likeness (QED) is 0.756. The van der Waals surface area contributed by atoms with E-state index in [1.807, 2.05) is 19.1 Å². The predicted molar refractivity (Wildman–Crippen MR) is 78.7 cm³/mol. The lowest BCUT2D eigenvalue weighted by molar-refractivity contribution is 0.628. The largest absolute Gasteiger partial charge is 0.282 e. The fourth-order valence-corrected chi connectivity index (χ4v) is 2.12. The lowest BCUT2D eigenvalue weighted by atomic mass is 10.0. The number of rotatable bonds is 2. The van der Waals surface area contributed by atoms with Crippen LogP contribution in [0, 0.1) is 12.7 Å². The molecule has 0 fully saturated rings. The van der Waals surface area contributed by atoms with Gasteiger partial charge in [-0.25, -0.2) is 4.39 Å². The number of aromatic amines is 1. The van der Waals surface area contributed by atoms with Gasteiger partial charge in [-0.05, 0) is 48.9 Å². The molecular weight excluding hydrogens is 253 g/mol. The van der Waals surface area contributed by atoms with E-state index in [-0.39, 0.29) is 13.2 Å². The Hall–Kier alpha value is -2.49. The third-order valence-corrected chi connectivity index (χ3v) is 3.03. The van der Waals surface area contributed by atoms with E-state index in [0.717, 1.165) is 28.1 Å². The van der Waals surface area contributed by atoms with Crippen LogP contribution in [0.1, 0.15) is 13.1 Å². The van der Waals surface area contributed by atoms with Crippen molar-refractivity contribution in [3.8, 4) is 22.4 Å². The summed E-state index contributed by atoms with van der Waals surface area (Å²) in [4.78, 5) is 4.02. The van der Waals surface area contributed by atoms with Gasteiger partial charge in [0, 0.05) is 29.2 Å². The Morgan fingerprint density at radius 3 is 2.25 bits per heavy atom. The van der Waals surface area contributed by atoms with Crippen LogP contribution in [-0.2, 0) is 0 Å². The highest BCUT2D eigenvalue weighted by Crippen LogP contribution is 2.32. The van der Waals surface area contributed by atoms with Gasteiger partial charge >= 0.3 is 0 Å². The van der Waals surface area contributed by atoms with Crippen LogP contribution >= 0.6 is 0 Å². The number of hydrogen-bond donors (Lipinski definition) is 1. The molecule has 2 heterocycles. The molecule has 0 saturated carbocycles. The highest BCUT2D eigenvalue weighted by Gasteiger charge is 2.13. The van der Waals surface area contributed by atoms with Crippen LogP contribution in [0.25, 0.3) is 22.4 Å². The van der Waals surface area contributed by atoms with Gasteiger partial charge in [0.25, 0.3) is 0 Å². The molecule has 0 aliphatic carbocycles. The second-order valence-electron chi connectivity index (χ2n) is 4.31. The molecule has 0 aliphatic rings. The van der Waals surface area contributed by atoms with Gasteiger partial charge < -0.3 is 0 Å². The second kappa shape index (κ2) is 5.65. The Morgan fingerprint density at radius 2 is 1.60 bits per heavy atom. The Bertz CT molecular complexity index is 688. The molecule has 102 valence electrons. The van der Waals surface area contributed by atoms with Crippen molar-refractivity contribution in [1.29, 1.82) is 0 Å². The third kappa shape index (κ3) is 2.45. The van der Waals surface area contributed by atoms with E-state index in [1.54, 1.807) is 24.5 Å². The predicted octanol–water partition coefficient (Wildman–Crippen LogP) is 4.22.